The van der Waals surface area contributed by atoms with Crippen molar-refractivity contribution in [1.82, 2.24) is 9.21 Å². The minimum absolute atomic E-state index is 0.00644. The lowest BCUT2D eigenvalue weighted by atomic mass is 10.2. The van der Waals surface area contributed by atoms with Gasteiger partial charge in [0.15, 0.2) is 0 Å². The van der Waals surface area contributed by atoms with E-state index in [1.54, 1.807) is 4.90 Å². The highest BCUT2D eigenvalue weighted by Crippen LogP contribution is 2.15. The van der Waals surface area contributed by atoms with Gasteiger partial charge >= 0.3 is 0 Å². The maximum Gasteiger partial charge on any atom is 0.249 e. The normalized spacial score (nSPS) is 17.3. The zero-order valence-electron chi connectivity index (χ0n) is 13.7. The third-order valence-corrected chi connectivity index (χ3v) is 5.81. The molecule has 1 aliphatic rings. The molecule has 5 nitrogen and oxygen atoms in total. The molecule has 0 aliphatic carbocycles. The molecule has 0 aromatic heterocycles. The molecule has 1 aliphatic heterocycles. The molecule has 0 saturated carbocycles. The van der Waals surface area contributed by atoms with Gasteiger partial charge in [0.05, 0.1) is 5.75 Å². The highest BCUT2D eigenvalue weighted by atomic mass is 32.2. The van der Waals surface area contributed by atoms with Crippen LogP contribution in [0.1, 0.15) is 25.8 Å². The van der Waals surface area contributed by atoms with Crippen molar-refractivity contribution in [2.75, 3.05) is 26.2 Å². The average Bonchev–Trinajstić information content (AvgIpc) is 2.55. The zero-order chi connectivity index (χ0) is 16.9. The van der Waals surface area contributed by atoms with Crippen LogP contribution in [0.4, 0.5) is 0 Å². The molecule has 1 fully saturated rings. The van der Waals surface area contributed by atoms with E-state index in [1.165, 1.54) is 4.31 Å². The Morgan fingerprint density at radius 2 is 1.74 bits per heavy atom. The number of benzene rings is 1. The molecule has 1 saturated heterocycles. The topological polar surface area (TPSA) is 57.7 Å². The van der Waals surface area contributed by atoms with Crippen LogP contribution < -0.4 is 0 Å². The van der Waals surface area contributed by atoms with Crippen molar-refractivity contribution < 1.29 is 13.2 Å². The fraction of sp³-hybridized carbons (Fsp3) is 0.471. The average molecular weight is 336 g/mol. The number of amides is 1. The van der Waals surface area contributed by atoms with Crippen LogP contribution in [-0.2, 0) is 20.6 Å². The second-order valence-electron chi connectivity index (χ2n) is 5.73. The van der Waals surface area contributed by atoms with Crippen LogP contribution in [0.15, 0.2) is 42.0 Å². The fourth-order valence-corrected chi connectivity index (χ4v) is 4.20. The van der Waals surface area contributed by atoms with Crippen molar-refractivity contribution in [3.63, 3.8) is 0 Å². The quantitative estimate of drug-likeness (QED) is 0.773. The Bertz CT molecular complexity index is 660. The van der Waals surface area contributed by atoms with Gasteiger partial charge in [0, 0.05) is 31.8 Å². The first-order valence-corrected chi connectivity index (χ1v) is 9.52. The maximum atomic E-state index is 12.5. The number of nitrogens with zero attached hydrogens (tertiary/aromatic N) is 2. The van der Waals surface area contributed by atoms with Crippen LogP contribution in [0.2, 0.25) is 0 Å². The number of allylic oxidation sites excluding steroid dienone is 1. The molecule has 23 heavy (non-hydrogen) atoms. The van der Waals surface area contributed by atoms with Crippen molar-refractivity contribution in [1.29, 1.82) is 0 Å². The lowest BCUT2D eigenvalue weighted by Crippen LogP contribution is -2.50. The molecule has 0 unspecified atom stereocenters. The van der Waals surface area contributed by atoms with E-state index < -0.39 is 10.0 Å². The summed E-state index contributed by atoms with van der Waals surface area (Å²) in [6.07, 6.45) is 2.73. The number of carbonyl (C=O) groups is 1. The van der Waals surface area contributed by atoms with Crippen LogP contribution in [0.3, 0.4) is 0 Å². The van der Waals surface area contributed by atoms with E-state index in [0.29, 0.717) is 26.2 Å². The van der Waals surface area contributed by atoms with Gasteiger partial charge in [-0.15, -0.1) is 0 Å². The van der Waals surface area contributed by atoms with Gasteiger partial charge in [0.1, 0.15) is 0 Å². The van der Waals surface area contributed by atoms with Crippen LogP contribution >= 0.6 is 0 Å². The number of hydrogen-bond donors (Lipinski definition) is 0. The van der Waals surface area contributed by atoms with Gasteiger partial charge in [-0.05, 0) is 18.9 Å². The molecule has 0 N–H and O–H groups in total. The van der Waals surface area contributed by atoms with Gasteiger partial charge in [-0.1, -0.05) is 43.3 Å². The number of carbonyl (C=O) groups excluding carboxylic acids is 1. The summed E-state index contributed by atoms with van der Waals surface area (Å²) in [5.74, 6) is 0.0169. The lowest BCUT2D eigenvalue weighted by Gasteiger charge is -2.34. The smallest absolute Gasteiger partial charge is 0.249 e. The molecule has 0 radical (unpaired) electrons. The summed E-state index contributed by atoms with van der Waals surface area (Å²) < 4.78 is 26.4. The summed E-state index contributed by atoms with van der Waals surface area (Å²) in [6, 6.07) is 9.17. The molecule has 0 spiro atoms. The van der Waals surface area contributed by atoms with E-state index in [-0.39, 0.29) is 11.7 Å². The predicted octanol–water partition coefficient (Wildman–Crippen LogP) is 2.02. The minimum Gasteiger partial charge on any atom is -0.336 e. The fourth-order valence-electron chi connectivity index (χ4n) is 2.69. The Hall–Kier alpha value is -1.66. The van der Waals surface area contributed by atoms with E-state index in [0.717, 1.165) is 17.6 Å². The molecule has 0 bridgehead atoms. The van der Waals surface area contributed by atoms with Gasteiger partial charge in [0.2, 0.25) is 15.9 Å². The van der Waals surface area contributed by atoms with Crippen molar-refractivity contribution >= 4 is 15.9 Å². The predicted molar refractivity (Wildman–Crippen MR) is 91.3 cm³/mol. The Morgan fingerprint density at radius 3 is 2.30 bits per heavy atom. The number of piperazine rings is 1. The molecule has 2 rings (SSSR count). The number of hydrogen-bond acceptors (Lipinski definition) is 3. The number of sulfonamides is 1. The van der Waals surface area contributed by atoms with Crippen LogP contribution in [-0.4, -0.2) is 49.7 Å². The molecule has 1 heterocycles. The van der Waals surface area contributed by atoms with Gasteiger partial charge < -0.3 is 4.90 Å². The highest BCUT2D eigenvalue weighted by Gasteiger charge is 2.29. The second-order valence-corrected chi connectivity index (χ2v) is 7.70. The summed E-state index contributed by atoms with van der Waals surface area (Å²) in [6.45, 7) is 5.42. The molecule has 1 aromatic rings. The lowest BCUT2D eigenvalue weighted by molar-refractivity contribution is -0.128. The third kappa shape index (κ3) is 4.65. The summed E-state index contributed by atoms with van der Waals surface area (Å²) in [7, 11) is -3.34. The van der Waals surface area contributed by atoms with Crippen LogP contribution in [0, 0.1) is 0 Å². The maximum absolute atomic E-state index is 12.5. The molecule has 6 heteroatoms. The largest absolute Gasteiger partial charge is 0.336 e. The first-order chi connectivity index (χ1) is 10.9. The van der Waals surface area contributed by atoms with Crippen LogP contribution in [0.5, 0.6) is 0 Å². The Labute approximate surface area is 138 Å². The van der Waals surface area contributed by atoms with Crippen molar-refractivity contribution in [2.24, 2.45) is 0 Å². The van der Waals surface area contributed by atoms with E-state index in [4.69, 9.17) is 0 Å². The Balaban J connectivity index is 1.96. The monoisotopic (exact) mass is 336 g/mol. The van der Waals surface area contributed by atoms with E-state index in [1.807, 2.05) is 50.3 Å². The molecular formula is C17H24N2O3S. The highest BCUT2D eigenvalue weighted by molar-refractivity contribution is 7.88. The van der Waals surface area contributed by atoms with Crippen LogP contribution in [0.25, 0.3) is 0 Å². The van der Waals surface area contributed by atoms with Crippen molar-refractivity contribution in [3.8, 4) is 0 Å². The Kier molecular flexibility index (Phi) is 5.96. The van der Waals surface area contributed by atoms with Gasteiger partial charge in [-0.25, -0.2) is 8.42 Å². The summed E-state index contributed by atoms with van der Waals surface area (Å²) in [5.41, 5.74) is 1.51. The van der Waals surface area contributed by atoms with Gasteiger partial charge in [-0.3, -0.25) is 4.79 Å². The summed E-state index contributed by atoms with van der Waals surface area (Å²) in [4.78, 5) is 14.0. The first kappa shape index (κ1) is 17.7. The summed E-state index contributed by atoms with van der Waals surface area (Å²) >= 11 is 0. The van der Waals surface area contributed by atoms with Gasteiger partial charge in [0.25, 0.3) is 0 Å². The van der Waals surface area contributed by atoms with E-state index in [2.05, 4.69) is 0 Å². The zero-order valence-corrected chi connectivity index (χ0v) is 14.6. The minimum atomic E-state index is -3.34. The number of rotatable bonds is 5. The van der Waals surface area contributed by atoms with Gasteiger partial charge in [-0.2, -0.15) is 4.31 Å². The SMILES string of the molecule is CC/C=C(/C)C(=O)N1CCN(S(=O)(=O)Cc2ccccc2)CC1. The third-order valence-electron chi connectivity index (χ3n) is 3.96. The second kappa shape index (κ2) is 7.75. The van der Waals surface area contributed by atoms with E-state index in [9.17, 15) is 13.2 Å². The molecule has 0 atom stereocenters. The summed E-state index contributed by atoms with van der Waals surface area (Å²) in [5, 5.41) is 0. The first-order valence-electron chi connectivity index (χ1n) is 7.92. The van der Waals surface area contributed by atoms with E-state index >= 15 is 0 Å². The van der Waals surface area contributed by atoms with Crippen molar-refractivity contribution in [3.05, 3.63) is 47.5 Å². The molecule has 1 aromatic carbocycles. The molecule has 1 amide bonds. The Morgan fingerprint density at radius 1 is 1.13 bits per heavy atom. The standard InChI is InChI=1S/C17H24N2O3S/c1-3-7-15(2)17(20)18-10-12-19(13-11-18)23(21,22)14-16-8-5-4-6-9-16/h4-9H,3,10-14H2,1-2H3/b15-7-. The molecular weight excluding hydrogens is 312 g/mol. The van der Waals surface area contributed by atoms with Crippen molar-refractivity contribution in [2.45, 2.75) is 26.0 Å². The molecule has 126 valence electrons.